The van der Waals surface area contributed by atoms with Crippen molar-refractivity contribution < 1.29 is 0 Å². The highest BCUT2D eigenvalue weighted by atomic mass is 79.9. The standard InChI is InChI=1S/C20H21BrClN4S/c21-26-13-25-19(24-26)18(16-8-4-5-9-17(16)22)23-12-14-10-11-27(20(14)25)15-6-2-1-3-7-15/h4-5,8-11,15H,1-3,6-7,12-13H2/q+1. The van der Waals surface area contributed by atoms with E-state index in [1.54, 1.807) is 0 Å². The molecule has 2 aliphatic heterocycles. The Kier molecular flexibility index (Phi) is 4.74. The Morgan fingerprint density at radius 3 is 2.74 bits per heavy atom. The van der Waals surface area contributed by atoms with Crippen LogP contribution in [0.5, 0.6) is 0 Å². The number of hydrogen-bond acceptors (Lipinski definition) is 4. The summed E-state index contributed by atoms with van der Waals surface area (Å²) in [5.41, 5.74) is 3.17. The van der Waals surface area contributed by atoms with Crippen LogP contribution in [-0.2, 0) is 6.54 Å². The van der Waals surface area contributed by atoms with Crippen molar-refractivity contribution in [3.05, 3.63) is 51.9 Å². The number of fused-ring (bicyclic) bond motifs is 3. The topological polar surface area (TPSA) is 31.2 Å². The van der Waals surface area contributed by atoms with Crippen LogP contribution >= 0.6 is 38.2 Å². The lowest BCUT2D eigenvalue weighted by molar-refractivity contribution is 0.487. The first kappa shape index (κ1) is 17.7. The molecule has 2 aromatic rings. The van der Waals surface area contributed by atoms with Crippen molar-refractivity contribution in [1.29, 1.82) is 0 Å². The fraction of sp³-hybridized carbons (Fsp3) is 0.400. The summed E-state index contributed by atoms with van der Waals surface area (Å²) in [5.74, 6) is 0.905. The van der Waals surface area contributed by atoms with Crippen molar-refractivity contribution in [1.82, 2.24) is 4.03 Å². The average Bonchev–Trinajstić information content (AvgIpc) is 3.24. The molecule has 5 rings (SSSR count). The summed E-state index contributed by atoms with van der Waals surface area (Å²) >= 11 is 10.1. The molecule has 0 N–H and O–H groups in total. The van der Waals surface area contributed by atoms with Crippen LogP contribution in [0.1, 0.15) is 48.5 Å². The maximum absolute atomic E-state index is 6.50. The smallest absolute Gasteiger partial charge is 0.255 e. The molecule has 0 spiro atoms. The number of halogens is 2. The first-order valence-corrected chi connectivity index (χ1v) is 11.9. The molecule has 1 fully saturated rings. The third-order valence-corrected chi connectivity index (χ3v) is 8.80. The van der Waals surface area contributed by atoms with E-state index in [-0.39, 0.29) is 10.5 Å². The van der Waals surface area contributed by atoms with Crippen molar-refractivity contribution in [2.45, 2.75) is 43.9 Å². The van der Waals surface area contributed by atoms with Crippen LogP contribution in [0.3, 0.4) is 0 Å². The van der Waals surface area contributed by atoms with Crippen LogP contribution in [0.4, 0.5) is 5.00 Å². The molecule has 1 aromatic heterocycles. The zero-order chi connectivity index (χ0) is 18.4. The first-order chi connectivity index (χ1) is 13.2. The molecule has 7 heteroatoms. The van der Waals surface area contributed by atoms with Gasteiger partial charge in [0.2, 0.25) is 0 Å². The molecule has 1 aliphatic carbocycles. The zero-order valence-corrected chi connectivity index (χ0v) is 18.1. The number of thiophene rings is 1. The predicted molar refractivity (Wildman–Crippen MR) is 118 cm³/mol. The molecule has 1 atom stereocenters. The van der Waals surface area contributed by atoms with Gasteiger partial charge in [-0.15, -0.1) is 5.10 Å². The molecule has 3 aliphatic rings. The van der Waals surface area contributed by atoms with Gasteiger partial charge in [0, 0.05) is 22.1 Å². The van der Waals surface area contributed by atoms with E-state index in [1.807, 2.05) is 28.3 Å². The third kappa shape index (κ3) is 3.12. The van der Waals surface area contributed by atoms with Crippen LogP contribution < -0.4 is 4.90 Å². The molecule has 1 unspecified atom stereocenters. The number of benzene rings is 1. The Balaban J connectivity index is 1.60. The second-order valence-electron chi connectivity index (χ2n) is 7.24. The molecule has 0 amide bonds. The Morgan fingerprint density at radius 2 is 1.93 bits per heavy atom. The SMILES string of the molecule is Clc1ccccc1C1=NCc2cc[s+](C3CCCCC3)c2N2CN(Br)N=C12. The highest BCUT2D eigenvalue weighted by molar-refractivity contribution is 9.07. The Labute approximate surface area is 175 Å². The normalized spacial score (nSPS) is 20.7. The Bertz CT molecular complexity index is 932. The fourth-order valence-electron chi connectivity index (χ4n) is 4.25. The minimum atomic E-state index is 0.147. The number of anilines is 1. The van der Waals surface area contributed by atoms with E-state index in [2.05, 4.69) is 32.5 Å². The van der Waals surface area contributed by atoms with E-state index in [1.165, 1.54) is 42.7 Å². The molecule has 0 bridgehead atoms. The van der Waals surface area contributed by atoms with Crippen LogP contribution in [0, 0.1) is 0 Å². The van der Waals surface area contributed by atoms with Crippen LogP contribution in [-0.4, -0.2) is 22.3 Å². The van der Waals surface area contributed by atoms with E-state index in [9.17, 15) is 0 Å². The van der Waals surface area contributed by atoms with Crippen LogP contribution in [0.25, 0.3) is 0 Å². The van der Waals surface area contributed by atoms with Gasteiger partial charge in [0.15, 0.2) is 5.84 Å². The monoisotopic (exact) mass is 463 g/mol. The largest absolute Gasteiger partial charge is 0.276 e. The molecule has 1 aromatic carbocycles. The number of aliphatic imine (C=N–C) groups is 1. The van der Waals surface area contributed by atoms with Crippen molar-refractivity contribution in [2.24, 2.45) is 10.1 Å². The molecule has 1 saturated carbocycles. The van der Waals surface area contributed by atoms with Gasteiger partial charge in [-0.2, -0.15) is 0 Å². The molecule has 3 heterocycles. The van der Waals surface area contributed by atoms with Gasteiger partial charge >= 0.3 is 0 Å². The minimum Gasteiger partial charge on any atom is -0.276 e. The van der Waals surface area contributed by atoms with Gasteiger partial charge in [-0.05, 0) is 31.7 Å². The van der Waals surface area contributed by atoms with Crippen molar-refractivity contribution >= 4 is 54.8 Å². The quantitative estimate of drug-likeness (QED) is 0.386. The van der Waals surface area contributed by atoms with Gasteiger partial charge in [-0.25, -0.2) is 4.03 Å². The molecule has 140 valence electrons. The second kappa shape index (κ2) is 7.22. The molecule has 27 heavy (non-hydrogen) atoms. The van der Waals surface area contributed by atoms with Gasteiger partial charge in [-0.1, -0.05) is 36.2 Å². The fourth-order valence-corrected chi connectivity index (χ4v) is 7.51. The Hall–Kier alpha value is -1.37. The summed E-state index contributed by atoms with van der Waals surface area (Å²) in [6.45, 7) is 1.40. The lowest BCUT2D eigenvalue weighted by Crippen LogP contribution is -2.34. The maximum Gasteiger partial charge on any atom is 0.255 e. The molecule has 0 radical (unpaired) electrons. The third-order valence-electron chi connectivity index (χ3n) is 5.54. The molecule has 4 nitrogen and oxygen atoms in total. The predicted octanol–water partition coefficient (Wildman–Crippen LogP) is 6.30. The summed E-state index contributed by atoms with van der Waals surface area (Å²) in [7, 11) is 0.147. The summed E-state index contributed by atoms with van der Waals surface area (Å²) in [5, 5.41) is 10.1. The average molecular weight is 465 g/mol. The number of hydrazone groups is 1. The lowest BCUT2D eigenvalue weighted by Gasteiger charge is -2.21. The van der Waals surface area contributed by atoms with E-state index >= 15 is 0 Å². The van der Waals surface area contributed by atoms with E-state index < -0.39 is 0 Å². The minimum absolute atomic E-state index is 0.147. The second-order valence-corrected chi connectivity index (χ2v) is 10.5. The van der Waals surface area contributed by atoms with Gasteiger partial charge < -0.3 is 0 Å². The van der Waals surface area contributed by atoms with Gasteiger partial charge in [0.1, 0.15) is 23.0 Å². The zero-order valence-electron chi connectivity index (χ0n) is 14.9. The summed E-state index contributed by atoms with van der Waals surface area (Å²) in [4.78, 5) is 7.32. The number of amidine groups is 1. The van der Waals surface area contributed by atoms with Crippen molar-refractivity contribution in [2.75, 3.05) is 11.6 Å². The van der Waals surface area contributed by atoms with E-state index in [0.717, 1.165) is 27.4 Å². The van der Waals surface area contributed by atoms with Crippen LogP contribution in [0.2, 0.25) is 5.02 Å². The number of hydrogen-bond donors (Lipinski definition) is 0. The number of rotatable bonds is 2. The maximum atomic E-state index is 6.50. The van der Waals surface area contributed by atoms with Gasteiger partial charge in [-0.3, -0.25) is 9.89 Å². The summed E-state index contributed by atoms with van der Waals surface area (Å²) in [6, 6.07) is 10.2. The molecular weight excluding hydrogens is 444 g/mol. The highest BCUT2D eigenvalue weighted by Crippen LogP contribution is 2.52. The van der Waals surface area contributed by atoms with Crippen molar-refractivity contribution in [3.63, 3.8) is 0 Å². The lowest BCUT2D eigenvalue weighted by atomic mass is 10.0. The van der Waals surface area contributed by atoms with Gasteiger partial charge in [0.05, 0.1) is 33.3 Å². The molecular formula is C20H21BrClN4S+. The number of nitrogens with zero attached hydrogens (tertiary/aromatic N) is 4. The molecule has 0 saturated heterocycles. The van der Waals surface area contributed by atoms with Crippen molar-refractivity contribution in [3.8, 4) is 0 Å². The summed E-state index contributed by atoms with van der Waals surface area (Å²) < 4.78 is 1.82. The summed E-state index contributed by atoms with van der Waals surface area (Å²) in [6.07, 6.45) is 6.77. The van der Waals surface area contributed by atoms with E-state index in [0.29, 0.717) is 13.2 Å². The Morgan fingerprint density at radius 1 is 1.11 bits per heavy atom. The van der Waals surface area contributed by atoms with E-state index in [4.69, 9.17) is 21.7 Å². The first-order valence-electron chi connectivity index (χ1n) is 9.45. The highest BCUT2D eigenvalue weighted by Gasteiger charge is 2.40. The van der Waals surface area contributed by atoms with Crippen LogP contribution in [0.15, 0.2) is 45.8 Å². The van der Waals surface area contributed by atoms with Gasteiger partial charge in [0.25, 0.3) is 5.00 Å².